The Morgan fingerprint density at radius 3 is 2.70 bits per heavy atom. The molecular formula is C16H24F2N2. The largest absolute Gasteiger partial charge is 0.361 e. The minimum Gasteiger partial charge on any atom is -0.361 e. The normalized spacial score (nSPS) is 15.7. The van der Waals surface area contributed by atoms with Crippen LogP contribution in [0.2, 0.25) is 0 Å². The first-order chi connectivity index (χ1) is 9.50. The maximum absolute atomic E-state index is 14.1. The van der Waals surface area contributed by atoms with Crippen molar-refractivity contribution < 1.29 is 8.78 Å². The number of halogens is 2. The van der Waals surface area contributed by atoms with Crippen molar-refractivity contribution in [3.8, 4) is 0 Å². The fourth-order valence-electron chi connectivity index (χ4n) is 2.45. The van der Waals surface area contributed by atoms with Crippen LogP contribution < -0.4 is 15.9 Å². The van der Waals surface area contributed by atoms with E-state index in [9.17, 15) is 8.78 Å². The molecule has 0 fully saturated rings. The number of allylic oxidation sites excluding steroid dienone is 1. The van der Waals surface area contributed by atoms with Crippen molar-refractivity contribution in [2.75, 3.05) is 7.05 Å². The van der Waals surface area contributed by atoms with Gasteiger partial charge in [0.1, 0.15) is 0 Å². The van der Waals surface area contributed by atoms with E-state index in [1.807, 2.05) is 19.1 Å². The van der Waals surface area contributed by atoms with E-state index in [2.05, 4.69) is 16.9 Å². The fraction of sp³-hybridized carbons (Fsp3) is 0.500. The number of nitrogens with one attached hydrogen (secondary N) is 2. The molecule has 2 nitrogen and oxygen atoms in total. The lowest BCUT2D eigenvalue weighted by atomic mass is 9.98. The Kier molecular flexibility index (Phi) is 6.14. The lowest BCUT2D eigenvalue weighted by Crippen LogP contribution is -2.45. The number of rotatable bonds is 7. The molecule has 112 valence electrons. The molecule has 0 spiro atoms. The number of aromatic amines is 1. The zero-order valence-electron chi connectivity index (χ0n) is 12.5. The van der Waals surface area contributed by atoms with E-state index >= 15 is 0 Å². The molecule has 0 aliphatic carbocycles. The topological polar surface area (TPSA) is 27.8 Å². The van der Waals surface area contributed by atoms with Crippen molar-refractivity contribution in [3.63, 3.8) is 0 Å². The average Bonchev–Trinajstić information content (AvgIpc) is 2.78. The molecule has 4 heteroatoms. The minimum atomic E-state index is -2.70. The smallest absolute Gasteiger partial charge is 0.263 e. The Bertz CT molecular complexity index is 543. The van der Waals surface area contributed by atoms with Gasteiger partial charge in [0.25, 0.3) is 5.92 Å². The third-order valence-electron chi connectivity index (χ3n) is 3.48. The maximum atomic E-state index is 14.1. The lowest BCUT2D eigenvalue weighted by molar-refractivity contribution is -0.0430. The third kappa shape index (κ3) is 3.79. The standard InChI is InChI=1S/C16H24F2N2/c1-5-8-14-13(7-3)12(11-20-14)10-15(19-4)16(17,18)9-6-2/h5,7-8,11,15,19-20H,1,6,9-10H2,2-4H3/b13-7-,14-8+. The molecule has 1 atom stereocenters. The van der Waals surface area contributed by atoms with Crippen LogP contribution in [0.4, 0.5) is 8.78 Å². The van der Waals surface area contributed by atoms with Crippen molar-refractivity contribution in [1.82, 2.24) is 10.3 Å². The van der Waals surface area contributed by atoms with Gasteiger partial charge in [-0.05, 0) is 37.3 Å². The monoisotopic (exact) mass is 282 g/mol. The first-order valence-electron chi connectivity index (χ1n) is 7.00. The van der Waals surface area contributed by atoms with E-state index in [1.165, 1.54) is 0 Å². The lowest BCUT2D eigenvalue weighted by Gasteiger charge is -2.26. The van der Waals surface area contributed by atoms with Crippen LogP contribution in [0.15, 0.2) is 18.9 Å². The Morgan fingerprint density at radius 2 is 2.20 bits per heavy atom. The van der Waals surface area contributed by atoms with Gasteiger partial charge in [0, 0.05) is 18.0 Å². The van der Waals surface area contributed by atoms with Gasteiger partial charge < -0.3 is 10.3 Å². The minimum absolute atomic E-state index is 0.0975. The highest BCUT2D eigenvalue weighted by Gasteiger charge is 2.37. The molecule has 0 aliphatic heterocycles. The van der Waals surface area contributed by atoms with Crippen molar-refractivity contribution in [1.29, 1.82) is 0 Å². The summed E-state index contributed by atoms with van der Waals surface area (Å²) >= 11 is 0. The molecule has 0 saturated carbocycles. The van der Waals surface area contributed by atoms with Gasteiger partial charge in [-0.2, -0.15) is 0 Å². The molecule has 0 bridgehead atoms. The zero-order chi connectivity index (χ0) is 15.2. The fourth-order valence-corrected chi connectivity index (χ4v) is 2.45. The van der Waals surface area contributed by atoms with Crippen LogP contribution in [0, 0.1) is 0 Å². The molecular weight excluding hydrogens is 258 g/mol. The van der Waals surface area contributed by atoms with Crippen molar-refractivity contribution in [2.24, 2.45) is 0 Å². The molecule has 1 aromatic rings. The Labute approximate surface area is 119 Å². The highest BCUT2D eigenvalue weighted by atomic mass is 19.3. The summed E-state index contributed by atoms with van der Waals surface area (Å²) in [5.74, 6) is -2.70. The van der Waals surface area contributed by atoms with E-state index in [0.29, 0.717) is 12.8 Å². The van der Waals surface area contributed by atoms with Crippen LogP contribution >= 0.6 is 0 Å². The second kappa shape index (κ2) is 7.39. The molecule has 0 saturated heterocycles. The SMILES string of the molecule is C=C/C=c1/[nH]cc(CC(NC)C(F)(F)CCC)/c1=C/C. The number of likely N-dealkylation sites (N-methyl/N-ethyl adjacent to an activating group) is 1. The van der Waals surface area contributed by atoms with E-state index < -0.39 is 12.0 Å². The average molecular weight is 282 g/mol. The quantitative estimate of drug-likeness (QED) is 0.789. The van der Waals surface area contributed by atoms with Crippen LogP contribution in [-0.4, -0.2) is 24.0 Å². The van der Waals surface area contributed by atoms with Gasteiger partial charge >= 0.3 is 0 Å². The predicted octanol–water partition coefficient (Wildman–Crippen LogP) is 2.35. The van der Waals surface area contributed by atoms with E-state index in [0.717, 1.165) is 16.1 Å². The predicted molar refractivity (Wildman–Crippen MR) is 81.3 cm³/mol. The summed E-state index contributed by atoms with van der Waals surface area (Å²) in [4.78, 5) is 3.11. The summed E-state index contributed by atoms with van der Waals surface area (Å²) in [6.45, 7) is 7.35. The zero-order valence-corrected chi connectivity index (χ0v) is 12.5. The second-order valence-electron chi connectivity index (χ2n) is 4.89. The van der Waals surface area contributed by atoms with Crippen LogP contribution in [0.25, 0.3) is 12.2 Å². The van der Waals surface area contributed by atoms with Crippen LogP contribution in [-0.2, 0) is 6.42 Å². The summed E-state index contributed by atoms with van der Waals surface area (Å²) in [7, 11) is 1.59. The maximum Gasteiger partial charge on any atom is 0.263 e. The first kappa shape index (κ1) is 16.6. The molecule has 0 amide bonds. The number of aromatic nitrogens is 1. The summed E-state index contributed by atoms with van der Waals surface area (Å²) < 4.78 is 28.1. The van der Waals surface area contributed by atoms with E-state index in [4.69, 9.17) is 0 Å². The van der Waals surface area contributed by atoms with E-state index in [1.54, 1.807) is 26.2 Å². The number of alkyl halides is 2. The van der Waals surface area contributed by atoms with Crippen LogP contribution in [0.5, 0.6) is 0 Å². The molecule has 2 N–H and O–H groups in total. The highest BCUT2D eigenvalue weighted by Crippen LogP contribution is 2.26. The Morgan fingerprint density at radius 1 is 1.50 bits per heavy atom. The molecule has 0 aromatic carbocycles. The first-order valence-corrected chi connectivity index (χ1v) is 7.00. The summed E-state index contributed by atoms with van der Waals surface area (Å²) in [5, 5.41) is 4.64. The Hall–Kier alpha value is -1.42. The summed E-state index contributed by atoms with van der Waals surface area (Å²) in [5.41, 5.74) is 0.899. The van der Waals surface area contributed by atoms with Gasteiger partial charge in [-0.15, -0.1) is 0 Å². The van der Waals surface area contributed by atoms with Crippen molar-refractivity contribution in [3.05, 3.63) is 35.0 Å². The summed E-state index contributed by atoms with van der Waals surface area (Å²) in [6.07, 6.45) is 7.94. The number of hydrogen-bond donors (Lipinski definition) is 2. The Balaban J connectivity index is 3.09. The van der Waals surface area contributed by atoms with E-state index in [-0.39, 0.29) is 6.42 Å². The van der Waals surface area contributed by atoms with Crippen molar-refractivity contribution in [2.45, 2.75) is 45.1 Å². The van der Waals surface area contributed by atoms with Gasteiger partial charge in [0.05, 0.1) is 6.04 Å². The van der Waals surface area contributed by atoms with Crippen LogP contribution in [0.3, 0.4) is 0 Å². The highest BCUT2D eigenvalue weighted by molar-refractivity contribution is 5.38. The molecule has 1 aromatic heterocycles. The number of hydrogen-bond acceptors (Lipinski definition) is 1. The van der Waals surface area contributed by atoms with Gasteiger partial charge in [-0.1, -0.05) is 32.1 Å². The summed E-state index contributed by atoms with van der Waals surface area (Å²) in [6, 6.07) is -0.853. The second-order valence-corrected chi connectivity index (χ2v) is 4.89. The molecule has 1 rings (SSSR count). The molecule has 1 heterocycles. The van der Waals surface area contributed by atoms with Gasteiger partial charge in [0.2, 0.25) is 0 Å². The molecule has 0 aliphatic rings. The molecule has 1 unspecified atom stereocenters. The molecule has 0 radical (unpaired) electrons. The van der Waals surface area contributed by atoms with Gasteiger partial charge in [0.15, 0.2) is 0 Å². The van der Waals surface area contributed by atoms with Crippen LogP contribution in [0.1, 0.15) is 32.3 Å². The molecule has 20 heavy (non-hydrogen) atoms. The van der Waals surface area contributed by atoms with Gasteiger partial charge in [-0.3, -0.25) is 0 Å². The third-order valence-corrected chi connectivity index (χ3v) is 3.48. The van der Waals surface area contributed by atoms with Gasteiger partial charge in [-0.25, -0.2) is 8.78 Å². The van der Waals surface area contributed by atoms with Crippen molar-refractivity contribution >= 4 is 12.2 Å². The number of H-pyrrole nitrogens is 1.